The summed E-state index contributed by atoms with van der Waals surface area (Å²) >= 11 is 0. The normalized spacial score (nSPS) is 11.2. The summed E-state index contributed by atoms with van der Waals surface area (Å²) in [4.78, 5) is 33.1. The van der Waals surface area contributed by atoms with Crippen LogP contribution in [0.5, 0.6) is 0 Å². The Hall–Kier alpha value is -2.43. The molecular formula is C17H21N3O2. The molecule has 5 nitrogen and oxygen atoms in total. The number of aromatic nitrogens is 2. The van der Waals surface area contributed by atoms with Crippen LogP contribution >= 0.6 is 0 Å². The lowest BCUT2D eigenvalue weighted by Gasteiger charge is -2.20. The quantitative estimate of drug-likeness (QED) is 0.834. The summed E-state index contributed by atoms with van der Waals surface area (Å²) in [6.45, 7) is 4.77. The van der Waals surface area contributed by atoms with E-state index >= 15 is 0 Å². The van der Waals surface area contributed by atoms with Crippen molar-refractivity contribution < 1.29 is 4.79 Å². The lowest BCUT2D eigenvalue weighted by Crippen LogP contribution is -2.31. The molecule has 2 rings (SSSR count). The minimum Gasteiger partial charge on any atom is -0.335 e. The first-order valence-corrected chi connectivity index (χ1v) is 7.52. The number of hydrogen-bond donors (Lipinski definition) is 1. The molecule has 1 aromatic carbocycles. The molecule has 1 N–H and O–H groups in total. The number of nitrogens with zero attached hydrogens (tertiary/aromatic N) is 2. The molecule has 1 aromatic heterocycles. The van der Waals surface area contributed by atoms with E-state index in [0.717, 1.165) is 6.42 Å². The van der Waals surface area contributed by atoms with Crippen LogP contribution in [0.2, 0.25) is 0 Å². The van der Waals surface area contributed by atoms with Gasteiger partial charge in [0.15, 0.2) is 0 Å². The van der Waals surface area contributed by atoms with Crippen molar-refractivity contribution in [2.45, 2.75) is 33.2 Å². The molecule has 0 radical (unpaired) electrons. The molecule has 0 spiro atoms. The fourth-order valence-electron chi connectivity index (χ4n) is 2.30. The summed E-state index contributed by atoms with van der Waals surface area (Å²) in [7, 11) is 0. The van der Waals surface area contributed by atoms with Gasteiger partial charge in [-0.15, -0.1) is 0 Å². The van der Waals surface area contributed by atoms with Gasteiger partial charge in [-0.25, -0.2) is 4.98 Å². The molecule has 5 heteroatoms. The Balaban J connectivity index is 2.17. The van der Waals surface area contributed by atoms with E-state index < -0.39 is 0 Å². The average Bonchev–Trinajstić information content (AvgIpc) is 2.52. The molecule has 0 bridgehead atoms. The van der Waals surface area contributed by atoms with Gasteiger partial charge in [-0.05, 0) is 32.4 Å². The summed E-state index contributed by atoms with van der Waals surface area (Å²) in [6, 6.07) is 7.20. The lowest BCUT2D eigenvalue weighted by atomic mass is 10.2. The zero-order valence-electron chi connectivity index (χ0n) is 13.0. The monoisotopic (exact) mass is 299 g/mol. The van der Waals surface area contributed by atoms with E-state index in [4.69, 9.17) is 0 Å². The van der Waals surface area contributed by atoms with Crippen molar-refractivity contribution in [2.75, 3.05) is 6.54 Å². The first-order valence-electron chi connectivity index (χ1n) is 7.52. The summed E-state index contributed by atoms with van der Waals surface area (Å²) in [6.07, 6.45) is 5.11. The topological polar surface area (TPSA) is 66.1 Å². The van der Waals surface area contributed by atoms with Crippen LogP contribution in [0.25, 0.3) is 10.9 Å². The standard InChI is InChI=1S/C17H21N3O2/c1-3-5-6-11-16(21)20(4-2)12-15-18-14-10-8-7-9-13(14)17(22)19-15/h3,5,7-10H,4,6,11-12H2,1-2H3,(H,18,19,22)/b5-3+. The minimum absolute atomic E-state index is 0.0661. The van der Waals surface area contributed by atoms with Gasteiger partial charge in [0.2, 0.25) is 5.91 Å². The SMILES string of the molecule is C/C=C/CCC(=O)N(CC)Cc1nc2ccccc2c(=O)[nH]1. The number of carbonyl (C=O) groups is 1. The fourth-order valence-corrected chi connectivity index (χ4v) is 2.30. The van der Waals surface area contributed by atoms with Crippen LogP contribution < -0.4 is 5.56 Å². The highest BCUT2D eigenvalue weighted by Crippen LogP contribution is 2.08. The van der Waals surface area contributed by atoms with Crippen LogP contribution in [-0.2, 0) is 11.3 Å². The Morgan fingerprint density at radius 1 is 1.36 bits per heavy atom. The number of amides is 1. The number of benzene rings is 1. The van der Waals surface area contributed by atoms with Gasteiger partial charge in [0.05, 0.1) is 17.4 Å². The highest BCUT2D eigenvalue weighted by atomic mass is 16.2. The molecule has 22 heavy (non-hydrogen) atoms. The van der Waals surface area contributed by atoms with E-state index in [1.807, 2.05) is 38.1 Å². The number of para-hydroxylation sites is 1. The predicted molar refractivity (Wildman–Crippen MR) is 87.5 cm³/mol. The molecule has 116 valence electrons. The van der Waals surface area contributed by atoms with Crippen molar-refractivity contribution in [3.05, 3.63) is 52.6 Å². The predicted octanol–water partition coefficient (Wildman–Crippen LogP) is 2.63. The van der Waals surface area contributed by atoms with Crippen LogP contribution in [0.4, 0.5) is 0 Å². The number of aromatic amines is 1. The molecule has 1 heterocycles. The first kappa shape index (κ1) is 15.9. The van der Waals surface area contributed by atoms with Gasteiger partial charge in [-0.1, -0.05) is 24.3 Å². The van der Waals surface area contributed by atoms with Crippen LogP contribution in [0.1, 0.15) is 32.5 Å². The Morgan fingerprint density at radius 3 is 2.86 bits per heavy atom. The van der Waals surface area contributed by atoms with E-state index in [0.29, 0.717) is 36.2 Å². The second-order valence-corrected chi connectivity index (χ2v) is 5.05. The van der Waals surface area contributed by atoms with E-state index in [-0.39, 0.29) is 11.5 Å². The molecular weight excluding hydrogens is 278 g/mol. The lowest BCUT2D eigenvalue weighted by molar-refractivity contribution is -0.131. The second kappa shape index (κ2) is 7.54. The van der Waals surface area contributed by atoms with E-state index in [2.05, 4.69) is 9.97 Å². The fraction of sp³-hybridized carbons (Fsp3) is 0.353. The number of carbonyl (C=O) groups excluding carboxylic acids is 1. The van der Waals surface area contributed by atoms with Crippen LogP contribution in [-0.4, -0.2) is 27.3 Å². The number of rotatable bonds is 6. The Bertz CT molecular complexity index is 734. The minimum atomic E-state index is -0.169. The average molecular weight is 299 g/mol. The number of allylic oxidation sites excluding steroid dienone is 2. The Labute approximate surface area is 129 Å². The zero-order valence-corrected chi connectivity index (χ0v) is 13.0. The zero-order chi connectivity index (χ0) is 15.9. The molecule has 0 unspecified atom stereocenters. The highest BCUT2D eigenvalue weighted by Gasteiger charge is 2.13. The van der Waals surface area contributed by atoms with Gasteiger partial charge in [-0.3, -0.25) is 9.59 Å². The van der Waals surface area contributed by atoms with E-state index in [9.17, 15) is 9.59 Å². The second-order valence-electron chi connectivity index (χ2n) is 5.05. The maximum absolute atomic E-state index is 12.2. The van der Waals surface area contributed by atoms with Crippen molar-refractivity contribution >= 4 is 16.8 Å². The van der Waals surface area contributed by atoms with Gasteiger partial charge in [-0.2, -0.15) is 0 Å². The molecule has 0 fully saturated rings. The third kappa shape index (κ3) is 3.81. The summed E-state index contributed by atoms with van der Waals surface area (Å²) in [5.74, 6) is 0.585. The highest BCUT2D eigenvalue weighted by molar-refractivity contribution is 5.78. The maximum atomic E-state index is 12.2. The molecule has 0 saturated carbocycles. The molecule has 2 aromatic rings. The number of hydrogen-bond acceptors (Lipinski definition) is 3. The molecule has 0 aliphatic heterocycles. The smallest absolute Gasteiger partial charge is 0.258 e. The van der Waals surface area contributed by atoms with E-state index in [1.54, 1.807) is 17.0 Å². The van der Waals surface area contributed by atoms with Gasteiger partial charge in [0, 0.05) is 13.0 Å². The number of fused-ring (bicyclic) bond motifs is 1. The summed E-state index contributed by atoms with van der Waals surface area (Å²) < 4.78 is 0. The molecule has 0 aliphatic carbocycles. The third-order valence-electron chi connectivity index (χ3n) is 3.50. The molecule has 0 atom stereocenters. The van der Waals surface area contributed by atoms with Crippen LogP contribution in [0.3, 0.4) is 0 Å². The Morgan fingerprint density at radius 2 is 2.14 bits per heavy atom. The van der Waals surface area contributed by atoms with Gasteiger partial charge >= 0.3 is 0 Å². The Kier molecular flexibility index (Phi) is 5.47. The first-order chi connectivity index (χ1) is 10.7. The van der Waals surface area contributed by atoms with Crippen molar-refractivity contribution in [1.82, 2.24) is 14.9 Å². The molecule has 1 amide bonds. The van der Waals surface area contributed by atoms with Crippen LogP contribution in [0.15, 0.2) is 41.2 Å². The van der Waals surface area contributed by atoms with Crippen molar-refractivity contribution in [3.63, 3.8) is 0 Å². The van der Waals surface area contributed by atoms with Gasteiger partial charge in [0.1, 0.15) is 5.82 Å². The van der Waals surface area contributed by atoms with Gasteiger partial charge < -0.3 is 9.88 Å². The van der Waals surface area contributed by atoms with Crippen LogP contribution in [0, 0.1) is 0 Å². The largest absolute Gasteiger partial charge is 0.335 e. The molecule has 0 aliphatic rings. The van der Waals surface area contributed by atoms with Crippen molar-refractivity contribution in [1.29, 1.82) is 0 Å². The molecule has 0 saturated heterocycles. The maximum Gasteiger partial charge on any atom is 0.258 e. The van der Waals surface area contributed by atoms with Crippen molar-refractivity contribution in [3.8, 4) is 0 Å². The number of H-pyrrole nitrogens is 1. The summed E-state index contributed by atoms with van der Waals surface area (Å²) in [5, 5.41) is 0.564. The van der Waals surface area contributed by atoms with E-state index in [1.165, 1.54) is 0 Å². The number of nitrogens with one attached hydrogen (secondary N) is 1. The van der Waals surface area contributed by atoms with Gasteiger partial charge in [0.25, 0.3) is 5.56 Å². The third-order valence-corrected chi connectivity index (χ3v) is 3.50. The van der Waals surface area contributed by atoms with Crippen molar-refractivity contribution in [2.24, 2.45) is 0 Å². The summed E-state index contributed by atoms with van der Waals surface area (Å²) in [5.41, 5.74) is 0.483.